The molecule has 0 aliphatic carbocycles. The number of carbonyl (C=O) groups is 1. The van der Waals surface area contributed by atoms with Gasteiger partial charge in [-0.25, -0.2) is 0 Å². The van der Waals surface area contributed by atoms with Crippen molar-refractivity contribution < 1.29 is 4.79 Å². The molecule has 5 nitrogen and oxygen atoms in total. The van der Waals surface area contributed by atoms with Crippen LogP contribution in [-0.2, 0) is 17.6 Å². The first-order chi connectivity index (χ1) is 10.1. The third kappa shape index (κ3) is 4.23. The molecule has 0 bridgehead atoms. The molecular formula is C16H22N4O. The molecule has 21 heavy (non-hydrogen) atoms. The van der Waals surface area contributed by atoms with Gasteiger partial charge in [0.2, 0.25) is 0 Å². The normalized spacial score (nSPS) is 12.6. The molecule has 0 aliphatic rings. The number of ketones is 1. The Hall–Kier alpha value is -2.01. The van der Waals surface area contributed by atoms with E-state index < -0.39 is 0 Å². The van der Waals surface area contributed by atoms with Gasteiger partial charge in [0.05, 0.1) is 12.5 Å². The molecular weight excluding hydrogens is 264 g/mol. The Bertz CT molecular complexity index is 577. The number of Topliss-reactive ketones (excluding diaryl/α,β-unsaturated/α-hetero) is 1. The Labute approximate surface area is 125 Å². The molecule has 5 heteroatoms. The van der Waals surface area contributed by atoms with E-state index >= 15 is 0 Å². The maximum Gasteiger partial charge on any atom is 0.147 e. The zero-order chi connectivity index (χ0) is 15.2. The first-order valence-corrected chi connectivity index (χ1v) is 7.25. The van der Waals surface area contributed by atoms with Crippen molar-refractivity contribution in [1.82, 2.24) is 20.5 Å². The SMILES string of the molecule is CN[C@@H](Cc1ccccc1)c1nnc(CC(=O)C(C)C)[nH]1. The third-order valence-corrected chi connectivity index (χ3v) is 3.50. The van der Waals surface area contributed by atoms with Crippen LogP contribution in [0.25, 0.3) is 0 Å². The van der Waals surface area contributed by atoms with Crippen molar-refractivity contribution in [2.45, 2.75) is 32.7 Å². The zero-order valence-electron chi connectivity index (χ0n) is 12.8. The van der Waals surface area contributed by atoms with Gasteiger partial charge in [0.15, 0.2) is 0 Å². The first kappa shape index (κ1) is 15.4. The highest BCUT2D eigenvalue weighted by Gasteiger charge is 2.17. The van der Waals surface area contributed by atoms with Crippen LogP contribution in [0.2, 0.25) is 0 Å². The van der Waals surface area contributed by atoms with Gasteiger partial charge in [-0.05, 0) is 19.0 Å². The Morgan fingerprint density at radius 1 is 1.24 bits per heavy atom. The Morgan fingerprint density at radius 3 is 2.57 bits per heavy atom. The van der Waals surface area contributed by atoms with Crippen molar-refractivity contribution in [3.8, 4) is 0 Å². The molecule has 0 fully saturated rings. The van der Waals surface area contributed by atoms with Crippen LogP contribution in [0.5, 0.6) is 0 Å². The largest absolute Gasteiger partial charge is 0.327 e. The summed E-state index contributed by atoms with van der Waals surface area (Å²) in [5.74, 6) is 1.59. The zero-order valence-corrected chi connectivity index (χ0v) is 12.8. The van der Waals surface area contributed by atoms with Crippen LogP contribution in [0.15, 0.2) is 30.3 Å². The fourth-order valence-corrected chi connectivity index (χ4v) is 2.10. The summed E-state index contributed by atoms with van der Waals surface area (Å²) in [6.45, 7) is 3.79. The van der Waals surface area contributed by atoms with E-state index in [2.05, 4.69) is 32.6 Å². The van der Waals surface area contributed by atoms with E-state index in [0.717, 1.165) is 12.2 Å². The van der Waals surface area contributed by atoms with Crippen LogP contribution in [0.1, 0.15) is 37.1 Å². The van der Waals surface area contributed by atoms with Crippen LogP contribution < -0.4 is 5.32 Å². The highest BCUT2D eigenvalue weighted by molar-refractivity contribution is 5.81. The van der Waals surface area contributed by atoms with Gasteiger partial charge in [0.1, 0.15) is 17.4 Å². The molecule has 2 aromatic rings. The molecule has 2 rings (SSSR count). The highest BCUT2D eigenvalue weighted by Crippen LogP contribution is 2.15. The minimum atomic E-state index is 0.0166. The summed E-state index contributed by atoms with van der Waals surface area (Å²) in [7, 11) is 1.90. The molecule has 0 amide bonds. The fourth-order valence-electron chi connectivity index (χ4n) is 2.10. The average Bonchev–Trinajstić information content (AvgIpc) is 2.94. The number of aromatic amines is 1. The number of benzene rings is 1. The van der Waals surface area contributed by atoms with Gasteiger partial charge >= 0.3 is 0 Å². The quantitative estimate of drug-likeness (QED) is 0.817. The van der Waals surface area contributed by atoms with Crippen molar-refractivity contribution in [2.75, 3.05) is 7.05 Å². The van der Waals surface area contributed by atoms with Crippen LogP contribution in [0.4, 0.5) is 0 Å². The summed E-state index contributed by atoms with van der Waals surface area (Å²) in [4.78, 5) is 14.9. The second-order valence-corrected chi connectivity index (χ2v) is 5.49. The smallest absolute Gasteiger partial charge is 0.147 e. The highest BCUT2D eigenvalue weighted by atomic mass is 16.1. The molecule has 112 valence electrons. The Morgan fingerprint density at radius 2 is 1.95 bits per heavy atom. The van der Waals surface area contributed by atoms with Gasteiger partial charge in [-0.3, -0.25) is 4.79 Å². The summed E-state index contributed by atoms with van der Waals surface area (Å²) in [6.07, 6.45) is 1.14. The number of carbonyl (C=O) groups excluding carboxylic acids is 1. The number of hydrogen-bond acceptors (Lipinski definition) is 4. The number of nitrogens with zero attached hydrogens (tertiary/aromatic N) is 2. The lowest BCUT2D eigenvalue weighted by molar-refractivity contribution is -0.121. The third-order valence-electron chi connectivity index (χ3n) is 3.50. The molecule has 1 aromatic carbocycles. The first-order valence-electron chi connectivity index (χ1n) is 7.25. The van der Waals surface area contributed by atoms with Crippen LogP contribution >= 0.6 is 0 Å². The molecule has 1 aromatic heterocycles. The van der Waals surface area contributed by atoms with Gasteiger partial charge in [0, 0.05) is 5.92 Å². The van der Waals surface area contributed by atoms with E-state index in [1.807, 2.05) is 39.1 Å². The van der Waals surface area contributed by atoms with Gasteiger partial charge in [0.25, 0.3) is 0 Å². The summed E-state index contributed by atoms with van der Waals surface area (Å²) in [5, 5.41) is 11.5. The van der Waals surface area contributed by atoms with Crippen molar-refractivity contribution in [3.63, 3.8) is 0 Å². The molecule has 0 radical (unpaired) electrons. The molecule has 0 saturated heterocycles. The van der Waals surface area contributed by atoms with E-state index in [0.29, 0.717) is 12.2 Å². The van der Waals surface area contributed by atoms with Crippen molar-refractivity contribution >= 4 is 5.78 Å². The number of aromatic nitrogens is 3. The number of hydrogen-bond donors (Lipinski definition) is 2. The monoisotopic (exact) mass is 286 g/mol. The average molecular weight is 286 g/mol. The molecule has 1 atom stereocenters. The predicted molar refractivity (Wildman–Crippen MR) is 81.9 cm³/mol. The maximum absolute atomic E-state index is 11.7. The van der Waals surface area contributed by atoms with Gasteiger partial charge < -0.3 is 10.3 Å². The van der Waals surface area contributed by atoms with Gasteiger partial charge in [-0.1, -0.05) is 44.2 Å². The number of H-pyrrole nitrogens is 1. The van der Waals surface area contributed by atoms with Gasteiger partial charge in [-0.2, -0.15) is 0 Å². The molecule has 0 saturated carbocycles. The van der Waals surface area contributed by atoms with E-state index in [-0.39, 0.29) is 17.7 Å². The van der Waals surface area contributed by atoms with E-state index in [4.69, 9.17) is 0 Å². The standard InChI is InChI=1S/C16H22N4O/c1-11(2)14(21)10-15-18-16(20-19-15)13(17-3)9-12-7-5-4-6-8-12/h4-8,11,13,17H,9-10H2,1-3H3,(H,18,19,20)/t13-/m0/s1. The molecule has 2 N–H and O–H groups in total. The molecule has 0 aliphatic heterocycles. The van der Waals surface area contributed by atoms with Crippen LogP contribution in [-0.4, -0.2) is 28.0 Å². The van der Waals surface area contributed by atoms with Crippen molar-refractivity contribution in [1.29, 1.82) is 0 Å². The lowest BCUT2D eigenvalue weighted by Gasteiger charge is -2.12. The van der Waals surface area contributed by atoms with E-state index in [1.54, 1.807) is 0 Å². The molecule has 0 spiro atoms. The van der Waals surface area contributed by atoms with Crippen molar-refractivity contribution in [2.24, 2.45) is 5.92 Å². The fraction of sp³-hybridized carbons (Fsp3) is 0.438. The van der Waals surface area contributed by atoms with Crippen molar-refractivity contribution in [3.05, 3.63) is 47.5 Å². The summed E-state index contributed by atoms with van der Waals surface area (Å²) >= 11 is 0. The maximum atomic E-state index is 11.7. The summed E-state index contributed by atoms with van der Waals surface area (Å²) in [6, 6.07) is 10.3. The van der Waals surface area contributed by atoms with E-state index in [9.17, 15) is 4.79 Å². The number of nitrogens with one attached hydrogen (secondary N) is 2. The molecule has 1 heterocycles. The lowest BCUT2D eigenvalue weighted by atomic mass is 10.1. The second kappa shape index (κ2) is 7.13. The Kier molecular flexibility index (Phi) is 5.22. The lowest BCUT2D eigenvalue weighted by Crippen LogP contribution is -2.20. The summed E-state index contributed by atoms with van der Waals surface area (Å²) in [5.41, 5.74) is 1.23. The minimum Gasteiger partial charge on any atom is -0.327 e. The van der Waals surface area contributed by atoms with Gasteiger partial charge in [-0.15, -0.1) is 10.2 Å². The Balaban J connectivity index is 2.06. The van der Waals surface area contributed by atoms with Crippen LogP contribution in [0.3, 0.4) is 0 Å². The number of likely N-dealkylation sites (N-methyl/N-ethyl adjacent to an activating group) is 1. The number of rotatable bonds is 7. The molecule has 0 unspecified atom stereocenters. The minimum absolute atomic E-state index is 0.0166. The summed E-state index contributed by atoms with van der Waals surface area (Å²) < 4.78 is 0. The van der Waals surface area contributed by atoms with Crippen LogP contribution in [0, 0.1) is 5.92 Å². The second-order valence-electron chi connectivity index (χ2n) is 5.49. The topological polar surface area (TPSA) is 70.7 Å². The van der Waals surface area contributed by atoms with E-state index in [1.165, 1.54) is 5.56 Å². The predicted octanol–water partition coefficient (Wildman–Crippen LogP) is 2.08.